The summed E-state index contributed by atoms with van der Waals surface area (Å²) in [6.45, 7) is 0.264. The minimum Gasteiger partial charge on any atom is -0.454 e. The molecule has 0 unspecified atom stereocenters. The molecular weight excluding hydrogens is 289 g/mol. The highest BCUT2D eigenvalue weighted by molar-refractivity contribution is 7.99. The Morgan fingerprint density at radius 3 is 2.86 bits per heavy atom. The van der Waals surface area contributed by atoms with E-state index < -0.39 is 0 Å². The van der Waals surface area contributed by atoms with E-state index in [0.717, 1.165) is 21.9 Å². The molecule has 0 fully saturated rings. The Kier molecular flexibility index (Phi) is 2.68. The monoisotopic (exact) mass is 299 g/mol. The summed E-state index contributed by atoms with van der Waals surface area (Å²) in [7, 11) is 2.01. The number of nitrogens with two attached hydrogens (primary N) is 1. The van der Waals surface area contributed by atoms with Crippen LogP contribution in [0.25, 0.3) is 11.2 Å². The largest absolute Gasteiger partial charge is 0.454 e. The molecule has 3 N–H and O–H groups in total. The number of benzene rings is 1. The molecule has 9 heteroatoms. The van der Waals surface area contributed by atoms with Gasteiger partial charge in [0, 0.05) is 4.90 Å². The molecule has 1 aliphatic rings. The first-order chi connectivity index (χ1) is 10.2. The molecule has 0 bridgehead atoms. The third-order valence-electron chi connectivity index (χ3n) is 3.17. The Labute approximate surface area is 124 Å². The summed E-state index contributed by atoms with van der Waals surface area (Å²) in [4.78, 5) is 16.6. The van der Waals surface area contributed by atoms with E-state index in [9.17, 15) is 0 Å². The van der Waals surface area contributed by atoms with Crippen molar-refractivity contribution < 1.29 is 9.47 Å². The van der Waals surface area contributed by atoms with Crippen molar-refractivity contribution in [3.05, 3.63) is 18.5 Å². The van der Waals surface area contributed by atoms with Gasteiger partial charge in [-0.3, -0.25) is 0 Å². The van der Waals surface area contributed by atoms with Crippen LogP contribution in [-0.2, 0) is 0 Å². The number of rotatable bonds is 2. The van der Waals surface area contributed by atoms with Crippen LogP contribution in [0.5, 0.6) is 11.5 Å². The summed E-state index contributed by atoms with van der Waals surface area (Å²) in [5.74, 6) is 1.89. The van der Waals surface area contributed by atoms with E-state index in [4.69, 9.17) is 15.2 Å². The third-order valence-corrected chi connectivity index (χ3v) is 4.21. The van der Waals surface area contributed by atoms with Crippen LogP contribution < -0.4 is 20.7 Å². The van der Waals surface area contributed by atoms with Crippen LogP contribution in [-0.4, -0.2) is 34.6 Å². The highest BCUT2D eigenvalue weighted by Crippen LogP contribution is 2.36. The molecule has 0 saturated heterocycles. The SMILES string of the molecule is Bc1cc2c(cc1Sc1nc3c(N)ncnc3[nH]1)OCO2. The molecule has 104 valence electrons. The van der Waals surface area contributed by atoms with E-state index in [0.29, 0.717) is 22.1 Å². The summed E-state index contributed by atoms with van der Waals surface area (Å²) in [6.07, 6.45) is 1.41. The second-order valence-corrected chi connectivity index (χ2v) is 5.60. The number of aromatic nitrogens is 4. The lowest BCUT2D eigenvalue weighted by molar-refractivity contribution is 0.174. The van der Waals surface area contributed by atoms with Gasteiger partial charge < -0.3 is 20.2 Å². The Balaban J connectivity index is 1.73. The van der Waals surface area contributed by atoms with Crippen LogP contribution in [0.3, 0.4) is 0 Å². The first kappa shape index (κ1) is 12.3. The summed E-state index contributed by atoms with van der Waals surface area (Å²) >= 11 is 1.49. The lowest BCUT2D eigenvalue weighted by atomic mass is 9.96. The van der Waals surface area contributed by atoms with Crippen LogP contribution in [0.15, 0.2) is 28.5 Å². The number of nitrogens with zero attached hydrogens (tertiary/aromatic N) is 3. The average molecular weight is 299 g/mol. The molecule has 0 aliphatic carbocycles. The molecule has 4 rings (SSSR count). The van der Waals surface area contributed by atoms with Crippen molar-refractivity contribution >= 4 is 42.1 Å². The molecule has 1 aliphatic heterocycles. The van der Waals surface area contributed by atoms with Gasteiger partial charge in [0.05, 0.1) is 0 Å². The van der Waals surface area contributed by atoms with Gasteiger partial charge in [0.1, 0.15) is 14.2 Å². The van der Waals surface area contributed by atoms with Crippen LogP contribution in [0.4, 0.5) is 5.82 Å². The number of hydrogen-bond acceptors (Lipinski definition) is 7. The fourth-order valence-corrected chi connectivity index (χ4v) is 2.99. The number of nitrogens with one attached hydrogen (secondary N) is 1. The number of anilines is 1. The van der Waals surface area contributed by atoms with Crippen LogP contribution in [0.1, 0.15) is 0 Å². The zero-order chi connectivity index (χ0) is 14.4. The van der Waals surface area contributed by atoms with E-state index in [1.807, 2.05) is 20.0 Å². The molecule has 7 nitrogen and oxygen atoms in total. The quantitative estimate of drug-likeness (QED) is 0.646. The first-order valence-corrected chi connectivity index (χ1v) is 7.06. The highest BCUT2D eigenvalue weighted by Gasteiger charge is 2.17. The van der Waals surface area contributed by atoms with E-state index in [1.54, 1.807) is 0 Å². The standard InChI is InChI=1S/C12H10BN5O2S/c13-5-1-6-7(20-4-19-6)2-8(5)21-12-17-9-10(14)15-3-16-11(9)18-12/h1-3H,4,13H2,(H3,14,15,16,17,18). The predicted octanol–water partition coefficient (Wildman–Crippen LogP) is 0.0734. The number of hydrogen-bond donors (Lipinski definition) is 2. The normalized spacial score (nSPS) is 13.0. The van der Waals surface area contributed by atoms with E-state index in [2.05, 4.69) is 19.9 Å². The van der Waals surface area contributed by atoms with Crippen molar-refractivity contribution in [1.82, 2.24) is 19.9 Å². The molecule has 0 atom stereocenters. The maximum absolute atomic E-state index is 5.79. The molecular formula is C12H10BN5O2S. The van der Waals surface area contributed by atoms with E-state index in [1.165, 1.54) is 18.1 Å². The molecule has 0 amide bonds. The van der Waals surface area contributed by atoms with Gasteiger partial charge in [-0.25, -0.2) is 15.0 Å². The molecule has 2 aromatic heterocycles. The number of ether oxygens (including phenoxy) is 2. The fraction of sp³-hybridized carbons (Fsp3) is 0.0833. The molecule has 0 spiro atoms. The molecule has 3 heterocycles. The lowest BCUT2D eigenvalue weighted by Gasteiger charge is -2.05. The average Bonchev–Trinajstić information content (AvgIpc) is 3.06. The Morgan fingerprint density at radius 2 is 2.05 bits per heavy atom. The Bertz CT molecular complexity index is 853. The van der Waals surface area contributed by atoms with Gasteiger partial charge in [-0.2, -0.15) is 0 Å². The highest BCUT2D eigenvalue weighted by atomic mass is 32.2. The van der Waals surface area contributed by atoms with Crippen molar-refractivity contribution in [2.24, 2.45) is 0 Å². The van der Waals surface area contributed by atoms with Gasteiger partial charge in [-0.1, -0.05) is 17.2 Å². The Morgan fingerprint density at radius 1 is 1.24 bits per heavy atom. The van der Waals surface area contributed by atoms with E-state index in [-0.39, 0.29) is 6.79 Å². The minimum absolute atomic E-state index is 0.264. The van der Waals surface area contributed by atoms with Gasteiger partial charge in [-0.05, 0) is 12.1 Å². The predicted molar refractivity (Wildman–Crippen MR) is 81.0 cm³/mol. The molecule has 3 aromatic rings. The van der Waals surface area contributed by atoms with Gasteiger partial charge in [0.25, 0.3) is 0 Å². The zero-order valence-electron chi connectivity index (χ0n) is 11.1. The summed E-state index contributed by atoms with van der Waals surface area (Å²) in [5.41, 5.74) is 8.08. The van der Waals surface area contributed by atoms with Crippen LogP contribution in [0, 0.1) is 0 Å². The lowest BCUT2D eigenvalue weighted by Crippen LogP contribution is -2.05. The van der Waals surface area contributed by atoms with Crippen molar-refractivity contribution in [2.45, 2.75) is 10.1 Å². The topological polar surface area (TPSA) is 98.9 Å². The number of imidazole rings is 1. The van der Waals surface area contributed by atoms with Gasteiger partial charge in [0.2, 0.25) is 6.79 Å². The number of fused-ring (bicyclic) bond motifs is 2. The smallest absolute Gasteiger partial charge is 0.231 e. The molecule has 0 saturated carbocycles. The fourth-order valence-electron chi connectivity index (χ4n) is 2.11. The van der Waals surface area contributed by atoms with E-state index >= 15 is 0 Å². The van der Waals surface area contributed by atoms with Crippen molar-refractivity contribution in [1.29, 1.82) is 0 Å². The van der Waals surface area contributed by atoms with Crippen LogP contribution >= 0.6 is 11.8 Å². The van der Waals surface area contributed by atoms with Gasteiger partial charge >= 0.3 is 0 Å². The minimum atomic E-state index is 0.264. The van der Waals surface area contributed by atoms with Crippen LogP contribution in [0.2, 0.25) is 0 Å². The molecule has 21 heavy (non-hydrogen) atoms. The van der Waals surface area contributed by atoms with Crippen molar-refractivity contribution in [2.75, 3.05) is 12.5 Å². The van der Waals surface area contributed by atoms with Gasteiger partial charge in [-0.15, -0.1) is 0 Å². The number of nitrogen functional groups attached to an aromatic ring is 1. The second-order valence-electron chi connectivity index (χ2n) is 4.57. The van der Waals surface area contributed by atoms with Crippen molar-refractivity contribution in [3.63, 3.8) is 0 Å². The van der Waals surface area contributed by atoms with Gasteiger partial charge in [0.15, 0.2) is 33.6 Å². The number of aromatic amines is 1. The van der Waals surface area contributed by atoms with Crippen molar-refractivity contribution in [3.8, 4) is 11.5 Å². The maximum atomic E-state index is 5.79. The summed E-state index contributed by atoms with van der Waals surface area (Å²) in [5, 5.41) is 0.708. The molecule has 1 aromatic carbocycles. The first-order valence-electron chi connectivity index (χ1n) is 6.25. The molecule has 0 radical (unpaired) electrons. The second kappa shape index (κ2) is 4.56. The third kappa shape index (κ3) is 2.06. The Hall–Kier alpha value is -2.42. The number of H-pyrrole nitrogens is 1. The maximum Gasteiger partial charge on any atom is 0.231 e. The summed E-state index contributed by atoms with van der Waals surface area (Å²) < 4.78 is 10.8. The zero-order valence-corrected chi connectivity index (χ0v) is 11.9. The summed E-state index contributed by atoms with van der Waals surface area (Å²) in [6, 6.07) is 3.91.